The molecule has 0 atom stereocenters. The number of aromatic nitrogens is 1. The van der Waals surface area contributed by atoms with Gasteiger partial charge in [0.15, 0.2) is 5.43 Å². The van der Waals surface area contributed by atoms with Crippen LogP contribution in [0.5, 0.6) is 0 Å². The molecule has 0 spiro atoms. The summed E-state index contributed by atoms with van der Waals surface area (Å²) in [7, 11) is 0. The molecule has 0 saturated carbocycles. The second-order valence-electron chi connectivity index (χ2n) is 4.61. The van der Waals surface area contributed by atoms with Crippen LogP contribution in [-0.4, -0.2) is 4.98 Å². The second-order valence-corrected chi connectivity index (χ2v) is 5.52. The minimum Gasteiger partial charge on any atom is -0.358 e. The summed E-state index contributed by atoms with van der Waals surface area (Å²) in [6.07, 6.45) is 3.97. The molecule has 0 aliphatic heterocycles. The highest BCUT2D eigenvalue weighted by atomic mass is 79.9. The number of H-pyrrole nitrogens is 1. The molecular formula is C14H14BrNO. The van der Waals surface area contributed by atoms with Gasteiger partial charge in [-0.1, -0.05) is 22.9 Å². The molecule has 0 radical (unpaired) electrons. The van der Waals surface area contributed by atoms with Crippen molar-refractivity contribution in [3.05, 3.63) is 43.6 Å². The molecule has 2 nitrogen and oxygen atoms in total. The Hall–Kier alpha value is -1.09. The van der Waals surface area contributed by atoms with E-state index >= 15 is 0 Å². The summed E-state index contributed by atoms with van der Waals surface area (Å²) in [5.74, 6) is 0. The number of pyridine rings is 1. The molecule has 1 aliphatic carbocycles. The van der Waals surface area contributed by atoms with Crippen LogP contribution in [0.1, 0.15) is 30.2 Å². The maximum absolute atomic E-state index is 12.4. The predicted octanol–water partition coefficient (Wildman–Crippen LogP) is 3.34. The van der Waals surface area contributed by atoms with E-state index in [0.717, 1.165) is 52.3 Å². The van der Waals surface area contributed by atoms with E-state index < -0.39 is 0 Å². The molecule has 3 heteroatoms. The summed E-state index contributed by atoms with van der Waals surface area (Å²) in [5.41, 5.74) is 4.61. The monoisotopic (exact) mass is 291 g/mol. The molecule has 3 rings (SSSR count). The quantitative estimate of drug-likeness (QED) is 0.859. The van der Waals surface area contributed by atoms with E-state index in [4.69, 9.17) is 0 Å². The van der Waals surface area contributed by atoms with Gasteiger partial charge in [-0.25, -0.2) is 0 Å². The Morgan fingerprint density at radius 2 is 2.18 bits per heavy atom. The van der Waals surface area contributed by atoms with Crippen molar-refractivity contribution in [1.82, 2.24) is 4.98 Å². The van der Waals surface area contributed by atoms with Crippen LogP contribution < -0.4 is 5.43 Å². The number of rotatable bonds is 1. The van der Waals surface area contributed by atoms with E-state index in [1.165, 1.54) is 5.56 Å². The predicted molar refractivity (Wildman–Crippen MR) is 73.7 cm³/mol. The van der Waals surface area contributed by atoms with Crippen molar-refractivity contribution in [3.8, 4) is 0 Å². The summed E-state index contributed by atoms with van der Waals surface area (Å²) < 4.78 is 0.991. The zero-order valence-corrected chi connectivity index (χ0v) is 11.4. The summed E-state index contributed by atoms with van der Waals surface area (Å²) in [5, 5.41) is 0.830. The standard InChI is InChI=1S/C14H14BrNO/c1-2-8-6-9(15)7-11-13(8)16-12-5-3-4-10(12)14(11)17/h6-7H,2-5H2,1H3,(H,16,17). The molecule has 1 aromatic carbocycles. The average Bonchev–Trinajstić information content (AvgIpc) is 2.78. The smallest absolute Gasteiger partial charge is 0.192 e. The largest absolute Gasteiger partial charge is 0.358 e. The first-order valence-electron chi connectivity index (χ1n) is 6.07. The van der Waals surface area contributed by atoms with E-state index in [1.54, 1.807) is 0 Å². The Morgan fingerprint density at radius 1 is 1.35 bits per heavy atom. The third-order valence-corrected chi connectivity index (χ3v) is 4.04. The first-order chi connectivity index (χ1) is 8.20. The fourth-order valence-corrected chi connectivity index (χ4v) is 3.22. The van der Waals surface area contributed by atoms with Gasteiger partial charge in [-0.2, -0.15) is 0 Å². The fourth-order valence-electron chi connectivity index (χ4n) is 2.71. The summed E-state index contributed by atoms with van der Waals surface area (Å²) in [4.78, 5) is 15.9. The minimum atomic E-state index is 0.224. The van der Waals surface area contributed by atoms with Crippen LogP contribution in [0.25, 0.3) is 10.9 Å². The molecule has 0 unspecified atom stereocenters. The molecule has 0 saturated heterocycles. The molecule has 0 amide bonds. The number of fused-ring (bicyclic) bond motifs is 2. The van der Waals surface area contributed by atoms with Gasteiger partial charge in [0.1, 0.15) is 0 Å². The van der Waals surface area contributed by atoms with Gasteiger partial charge in [0.05, 0.1) is 5.52 Å². The normalized spacial score (nSPS) is 14.2. The lowest BCUT2D eigenvalue weighted by atomic mass is 10.0. The van der Waals surface area contributed by atoms with Gasteiger partial charge >= 0.3 is 0 Å². The lowest BCUT2D eigenvalue weighted by Crippen LogP contribution is -2.11. The highest BCUT2D eigenvalue weighted by molar-refractivity contribution is 9.10. The Labute approximate surface area is 108 Å². The molecule has 0 fully saturated rings. The number of halogens is 1. The van der Waals surface area contributed by atoms with E-state index in [1.807, 2.05) is 6.07 Å². The van der Waals surface area contributed by atoms with Crippen LogP contribution in [0.3, 0.4) is 0 Å². The van der Waals surface area contributed by atoms with Crippen LogP contribution in [0.2, 0.25) is 0 Å². The van der Waals surface area contributed by atoms with Crippen LogP contribution >= 0.6 is 15.9 Å². The molecule has 1 heterocycles. The lowest BCUT2D eigenvalue weighted by molar-refractivity contribution is 0.900. The number of hydrogen-bond acceptors (Lipinski definition) is 1. The van der Waals surface area contributed by atoms with E-state index in [9.17, 15) is 4.79 Å². The van der Waals surface area contributed by atoms with Crippen molar-refractivity contribution < 1.29 is 0 Å². The van der Waals surface area contributed by atoms with E-state index in [0.29, 0.717) is 0 Å². The van der Waals surface area contributed by atoms with Gasteiger partial charge in [-0.3, -0.25) is 4.79 Å². The van der Waals surface area contributed by atoms with Gasteiger partial charge in [0, 0.05) is 21.1 Å². The molecule has 17 heavy (non-hydrogen) atoms. The summed E-state index contributed by atoms with van der Waals surface area (Å²) in [6, 6.07) is 4.03. The van der Waals surface area contributed by atoms with E-state index in [-0.39, 0.29) is 5.43 Å². The Bertz CT molecular complexity index is 657. The fraction of sp³-hybridized carbons (Fsp3) is 0.357. The Kier molecular flexibility index (Phi) is 2.58. The highest BCUT2D eigenvalue weighted by Gasteiger charge is 2.18. The van der Waals surface area contributed by atoms with E-state index in [2.05, 4.69) is 33.9 Å². The SMILES string of the molecule is CCc1cc(Br)cc2c(=O)c3c([nH]c12)CCC3. The van der Waals surface area contributed by atoms with Crippen molar-refractivity contribution in [2.24, 2.45) is 0 Å². The molecule has 0 bridgehead atoms. The van der Waals surface area contributed by atoms with Crippen LogP contribution in [-0.2, 0) is 19.3 Å². The Balaban J connectivity index is 2.47. The van der Waals surface area contributed by atoms with Gasteiger partial charge in [0.25, 0.3) is 0 Å². The molecular weight excluding hydrogens is 278 g/mol. The number of nitrogens with one attached hydrogen (secondary N) is 1. The zero-order chi connectivity index (χ0) is 12.0. The molecule has 2 aromatic rings. The number of aryl methyl sites for hydroxylation is 2. The molecule has 88 valence electrons. The van der Waals surface area contributed by atoms with Crippen LogP contribution in [0, 0.1) is 0 Å². The Morgan fingerprint density at radius 3 is 2.94 bits per heavy atom. The van der Waals surface area contributed by atoms with Crippen molar-refractivity contribution in [3.63, 3.8) is 0 Å². The van der Waals surface area contributed by atoms with Crippen molar-refractivity contribution >= 4 is 26.8 Å². The summed E-state index contributed by atoms with van der Waals surface area (Å²) in [6.45, 7) is 2.12. The minimum absolute atomic E-state index is 0.224. The van der Waals surface area contributed by atoms with Crippen LogP contribution in [0.4, 0.5) is 0 Å². The van der Waals surface area contributed by atoms with Crippen molar-refractivity contribution in [1.29, 1.82) is 0 Å². The number of aromatic amines is 1. The zero-order valence-electron chi connectivity index (χ0n) is 9.77. The number of hydrogen-bond donors (Lipinski definition) is 1. The van der Waals surface area contributed by atoms with Gasteiger partial charge in [-0.15, -0.1) is 0 Å². The number of benzene rings is 1. The third kappa shape index (κ3) is 1.64. The first-order valence-corrected chi connectivity index (χ1v) is 6.86. The highest BCUT2D eigenvalue weighted by Crippen LogP contribution is 2.25. The van der Waals surface area contributed by atoms with Crippen LogP contribution in [0.15, 0.2) is 21.4 Å². The van der Waals surface area contributed by atoms with Gasteiger partial charge in [0.2, 0.25) is 0 Å². The molecule has 1 aliphatic rings. The average molecular weight is 292 g/mol. The molecule has 1 aromatic heterocycles. The van der Waals surface area contributed by atoms with Gasteiger partial charge in [-0.05, 0) is 43.4 Å². The molecule has 1 N–H and O–H groups in total. The lowest BCUT2D eigenvalue weighted by Gasteiger charge is -2.08. The maximum atomic E-state index is 12.4. The maximum Gasteiger partial charge on any atom is 0.192 e. The first kappa shape index (κ1) is 11.0. The summed E-state index contributed by atoms with van der Waals surface area (Å²) >= 11 is 3.49. The topological polar surface area (TPSA) is 32.9 Å². The van der Waals surface area contributed by atoms with Crippen molar-refractivity contribution in [2.45, 2.75) is 32.6 Å². The second kappa shape index (κ2) is 3.98. The third-order valence-electron chi connectivity index (χ3n) is 3.58. The van der Waals surface area contributed by atoms with Crippen molar-refractivity contribution in [2.75, 3.05) is 0 Å². The van der Waals surface area contributed by atoms with Gasteiger partial charge < -0.3 is 4.98 Å².